The van der Waals surface area contributed by atoms with Gasteiger partial charge < -0.3 is 15.7 Å². The van der Waals surface area contributed by atoms with Crippen molar-refractivity contribution in [3.05, 3.63) is 26.7 Å². The van der Waals surface area contributed by atoms with Gasteiger partial charge in [0.25, 0.3) is 0 Å². The molecule has 0 heterocycles. The van der Waals surface area contributed by atoms with Crippen LogP contribution in [-0.4, -0.2) is 23.1 Å². The maximum Gasteiger partial charge on any atom is 0.326 e. The van der Waals surface area contributed by atoms with Crippen LogP contribution in [0.3, 0.4) is 0 Å². The first-order valence-corrected chi connectivity index (χ1v) is 7.35. The van der Waals surface area contributed by atoms with E-state index in [2.05, 4.69) is 26.6 Å². The number of carboxylic acids is 1. The van der Waals surface area contributed by atoms with Gasteiger partial charge in [-0.1, -0.05) is 52.5 Å². The van der Waals surface area contributed by atoms with E-state index in [1.807, 2.05) is 6.92 Å². The molecule has 5 nitrogen and oxygen atoms in total. The summed E-state index contributed by atoms with van der Waals surface area (Å²) in [7, 11) is 0. The third-order valence-electron chi connectivity index (χ3n) is 2.43. The van der Waals surface area contributed by atoms with Crippen molar-refractivity contribution in [1.29, 1.82) is 0 Å². The Bertz CT molecular complexity index is 502. The molecule has 0 aromatic heterocycles. The number of hydrogen-bond donors (Lipinski definition) is 3. The van der Waals surface area contributed by atoms with Crippen LogP contribution in [0.25, 0.3) is 0 Å². The molecule has 0 aliphatic rings. The van der Waals surface area contributed by atoms with Crippen molar-refractivity contribution >= 4 is 56.8 Å². The van der Waals surface area contributed by atoms with Crippen LogP contribution in [0.15, 0.2) is 16.6 Å². The summed E-state index contributed by atoms with van der Waals surface area (Å²) in [4.78, 5) is 22.7. The number of nitrogens with one attached hydrogen (secondary N) is 2. The molecule has 1 aromatic rings. The highest BCUT2D eigenvalue weighted by Crippen LogP contribution is 2.33. The van der Waals surface area contributed by atoms with Crippen molar-refractivity contribution in [2.24, 2.45) is 0 Å². The number of anilines is 1. The van der Waals surface area contributed by atoms with Gasteiger partial charge in [-0.15, -0.1) is 0 Å². The molecule has 0 saturated heterocycles. The SMILES string of the molecule is CCC[C@H](NC(=O)Nc1c(Cl)cc(Br)cc1Cl)C(=O)O. The average molecular weight is 384 g/mol. The summed E-state index contributed by atoms with van der Waals surface area (Å²) in [5.74, 6) is -1.09. The summed E-state index contributed by atoms with van der Waals surface area (Å²) >= 11 is 15.2. The molecule has 20 heavy (non-hydrogen) atoms. The van der Waals surface area contributed by atoms with Gasteiger partial charge in [-0.05, 0) is 18.6 Å². The summed E-state index contributed by atoms with van der Waals surface area (Å²) < 4.78 is 0.674. The van der Waals surface area contributed by atoms with E-state index >= 15 is 0 Å². The van der Waals surface area contributed by atoms with Crippen molar-refractivity contribution in [1.82, 2.24) is 5.32 Å². The van der Waals surface area contributed by atoms with Gasteiger partial charge in [0.05, 0.1) is 15.7 Å². The summed E-state index contributed by atoms with van der Waals surface area (Å²) in [6.45, 7) is 1.83. The number of halogens is 3. The van der Waals surface area contributed by atoms with E-state index in [9.17, 15) is 9.59 Å². The lowest BCUT2D eigenvalue weighted by molar-refractivity contribution is -0.139. The van der Waals surface area contributed by atoms with Crippen LogP contribution < -0.4 is 10.6 Å². The monoisotopic (exact) mass is 382 g/mol. The van der Waals surface area contributed by atoms with Gasteiger partial charge in [0.15, 0.2) is 0 Å². The van der Waals surface area contributed by atoms with Gasteiger partial charge in [-0.2, -0.15) is 0 Å². The van der Waals surface area contributed by atoms with Gasteiger partial charge in [-0.3, -0.25) is 0 Å². The molecule has 0 fully saturated rings. The Kier molecular flexibility index (Phi) is 6.58. The standard InChI is InChI=1S/C12H13BrCl2N2O3/c1-2-3-9(11(18)19)16-12(20)17-10-7(14)4-6(13)5-8(10)15/h4-5,9H,2-3H2,1H3,(H,18,19)(H2,16,17,20)/t9-/m0/s1. The van der Waals surface area contributed by atoms with E-state index in [0.717, 1.165) is 0 Å². The highest BCUT2D eigenvalue weighted by atomic mass is 79.9. The maximum atomic E-state index is 11.8. The van der Waals surface area contributed by atoms with Crippen LogP contribution in [0.4, 0.5) is 10.5 Å². The quantitative estimate of drug-likeness (QED) is 0.715. The van der Waals surface area contributed by atoms with Crippen LogP contribution >= 0.6 is 39.1 Å². The fraction of sp³-hybridized carbons (Fsp3) is 0.333. The minimum Gasteiger partial charge on any atom is -0.480 e. The molecule has 0 saturated carbocycles. The molecule has 0 unspecified atom stereocenters. The van der Waals surface area contributed by atoms with Crippen molar-refractivity contribution in [2.45, 2.75) is 25.8 Å². The Hall–Kier alpha value is -0.980. The second kappa shape index (κ2) is 7.71. The van der Waals surface area contributed by atoms with Crippen molar-refractivity contribution < 1.29 is 14.7 Å². The molecule has 0 aliphatic heterocycles. The number of carbonyl (C=O) groups excluding carboxylic acids is 1. The molecular formula is C12H13BrCl2N2O3. The molecule has 8 heteroatoms. The highest BCUT2D eigenvalue weighted by molar-refractivity contribution is 9.10. The smallest absolute Gasteiger partial charge is 0.326 e. The van der Waals surface area contributed by atoms with Crippen LogP contribution in [-0.2, 0) is 4.79 Å². The number of urea groups is 1. The topological polar surface area (TPSA) is 78.4 Å². The van der Waals surface area contributed by atoms with E-state index in [1.165, 1.54) is 0 Å². The molecular weight excluding hydrogens is 371 g/mol. The Morgan fingerprint density at radius 1 is 1.35 bits per heavy atom. The van der Waals surface area contributed by atoms with Crippen LogP contribution in [0, 0.1) is 0 Å². The molecule has 3 N–H and O–H groups in total. The first kappa shape index (κ1) is 17.1. The number of carboxylic acid groups (broad SMARTS) is 1. The fourth-order valence-electron chi connectivity index (χ4n) is 1.52. The summed E-state index contributed by atoms with van der Waals surface area (Å²) in [5, 5.41) is 14.3. The zero-order chi connectivity index (χ0) is 15.3. The van der Waals surface area contributed by atoms with E-state index in [0.29, 0.717) is 17.3 Å². The second-order valence-corrected chi connectivity index (χ2v) is 5.75. The molecule has 1 rings (SSSR count). The summed E-state index contributed by atoms with van der Waals surface area (Å²) in [6.07, 6.45) is 0.974. The minimum absolute atomic E-state index is 0.231. The first-order valence-electron chi connectivity index (χ1n) is 5.80. The zero-order valence-corrected chi connectivity index (χ0v) is 13.6. The number of carbonyl (C=O) groups is 2. The predicted octanol–water partition coefficient (Wildman–Crippen LogP) is 4.13. The Balaban J connectivity index is 2.78. The zero-order valence-electron chi connectivity index (χ0n) is 10.5. The molecule has 2 amide bonds. The number of hydrogen-bond acceptors (Lipinski definition) is 2. The molecule has 0 bridgehead atoms. The lowest BCUT2D eigenvalue weighted by Gasteiger charge is -2.15. The van der Waals surface area contributed by atoms with Gasteiger partial charge >= 0.3 is 12.0 Å². The Morgan fingerprint density at radius 3 is 2.35 bits per heavy atom. The van der Waals surface area contributed by atoms with E-state index in [1.54, 1.807) is 12.1 Å². The molecule has 110 valence electrons. The number of amides is 2. The van der Waals surface area contributed by atoms with Gasteiger partial charge in [0, 0.05) is 4.47 Å². The third-order valence-corrected chi connectivity index (χ3v) is 3.48. The lowest BCUT2D eigenvalue weighted by atomic mass is 10.2. The van der Waals surface area contributed by atoms with Crippen molar-refractivity contribution in [3.8, 4) is 0 Å². The maximum absolute atomic E-state index is 11.8. The lowest BCUT2D eigenvalue weighted by Crippen LogP contribution is -2.42. The highest BCUT2D eigenvalue weighted by Gasteiger charge is 2.20. The molecule has 0 spiro atoms. The molecule has 1 atom stereocenters. The Labute approximate surface area is 134 Å². The van der Waals surface area contributed by atoms with Crippen LogP contribution in [0.2, 0.25) is 10.0 Å². The molecule has 1 aromatic carbocycles. The third kappa shape index (κ3) is 4.85. The molecule has 0 aliphatic carbocycles. The Morgan fingerprint density at radius 2 is 1.90 bits per heavy atom. The summed E-state index contributed by atoms with van der Waals surface area (Å²) in [5.41, 5.74) is 0.231. The second-order valence-electron chi connectivity index (χ2n) is 4.02. The van der Waals surface area contributed by atoms with Crippen LogP contribution in [0.1, 0.15) is 19.8 Å². The largest absolute Gasteiger partial charge is 0.480 e. The minimum atomic E-state index is -1.09. The van der Waals surface area contributed by atoms with E-state index < -0.39 is 18.0 Å². The molecule has 0 radical (unpaired) electrons. The number of aliphatic carboxylic acids is 1. The predicted molar refractivity (Wildman–Crippen MR) is 82.6 cm³/mol. The van der Waals surface area contributed by atoms with E-state index in [-0.39, 0.29) is 15.7 Å². The number of rotatable bonds is 5. The summed E-state index contributed by atoms with van der Waals surface area (Å²) in [6, 6.07) is 1.53. The number of benzene rings is 1. The van der Waals surface area contributed by atoms with E-state index in [4.69, 9.17) is 28.3 Å². The normalized spacial score (nSPS) is 11.8. The van der Waals surface area contributed by atoms with Gasteiger partial charge in [-0.25, -0.2) is 9.59 Å². The van der Waals surface area contributed by atoms with Crippen LogP contribution in [0.5, 0.6) is 0 Å². The van der Waals surface area contributed by atoms with Gasteiger partial charge in [0.1, 0.15) is 6.04 Å². The van der Waals surface area contributed by atoms with Gasteiger partial charge in [0.2, 0.25) is 0 Å². The fourth-order valence-corrected chi connectivity index (χ4v) is 2.82. The first-order chi connectivity index (χ1) is 9.35. The average Bonchev–Trinajstić information content (AvgIpc) is 2.33. The van der Waals surface area contributed by atoms with Crippen molar-refractivity contribution in [3.63, 3.8) is 0 Å². The van der Waals surface area contributed by atoms with Crippen molar-refractivity contribution in [2.75, 3.05) is 5.32 Å².